The first-order valence-corrected chi connectivity index (χ1v) is 10.3. The Bertz CT molecular complexity index is 548. The molecule has 4 heteroatoms. The lowest BCUT2D eigenvalue weighted by atomic mass is 9.44. The number of hydrogen-bond donors (Lipinski definition) is 3. The molecule has 0 aromatic heterocycles. The molecule has 0 saturated heterocycles. The summed E-state index contributed by atoms with van der Waals surface area (Å²) in [6.07, 6.45) is 6.56. The second kappa shape index (κ2) is 6.03. The van der Waals surface area contributed by atoms with Gasteiger partial charge in [0.2, 0.25) is 0 Å². The molecule has 0 aliphatic heterocycles. The Kier molecular flexibility index (Phi) is 4.33. The van der Waals surface area contributed by atoms with Crippen molar-refractivity contribution in [1.82, 2.24) is 0 Å². The van der Waals surface area contributed by atoms with Crippen molar-refractivity contribution < 1.29 is 20.1 Å². The minimum absolute atomic E-state index is 0.0473. The van der Waals surface area contributed by atoms with Crippen molar-refractivity contribution in [3.8, 4) is 0 Å². The van der Waals surface area contributed by atoms with Gasteiger partial charge in [0.15, 0.2) is 0 Å². The third kappa shape index (κ3) is 2.47. The Labute approximate surface area is 151 Å². The van der Waals surface area contributed by atoms with Crippen LogP contribution in [0.4, 0.5) is 0 Å². The number of ketones is 1. The summed E-state index contributed by atoms with van der Waals surface area (Å²) in [5, 5.41) is 29.9. The van der Waals surface area contributed by atoms with Crippen molar-refractivity contribution in [3.05, 3.63) is 0 Å². The highest BCUT2D eigenvalue weighted by atomic mass is 16.3. The van der Waals surface area contributed by atoms with Crippen LogP contribution in [-0.2, 0) is 4.79 Å². The van der Waals surface area contributed by atoms with Crippen LogP contribution in [-0.4, -0.2) is 39.9 Å². The SMILES string of the molecule is C[C@]12CC(=O)[C@@H]3[C@@H](CC[C@H]4C[C@H](O)CC[C@@]43C)[C@H]1CC[C@@H]2[C@H](O)CO. The molecule has 9 atom stereocenters. The molecule has 4 fully saturated rings. The normalized spacial score (nSPS) is 53.7. The Morgan fingerprint density at radius 1 is 1.12 bits per heavy atom. The molecule has 0 aromatic rings. The van der Waals surface area contributed by atoms with Gasteiger partial charge in [-0.25, -0.2) is 0 Å². The van der Waals surface area contributed by atoms with Crippen LogP contribution >= 0.6 is 0 Å². The van der Waals surface area contributed by atoms with Crippen molar-refractivity contribution in [3.63, 3.8) is 0 Å². The third-order valence-electron chi connectivity index (χ3n) is 9.05. The first-order chi connectivity index (χ1) is 11.8. The summed E-state index contributed by atoms with van der Waals surface area (Å²) in [7, 11) is 0. The standard InChI is InChI=1S/C21H34O4/c1-20-8-7-13(23)9-12(20)3-4-14-15-5-6-16(18(25)11-22)21(15,2)10-17(24)19(14)20/h12-16,18-19,22-23,25H,3-11H2,1-2H3/t12-,13+,14-,15+,16+,18+,19-,20-,21-/m0/s1. The fraction of sp³-hybridized carbons (Fsp3) is 0.952. The maximum atomic E-state index is 13.4. The highest BCUT2D eigenvalue weighted by molar-refractivity contribution is 5.84. The highest BCUT2D eigenvalue weighted by Crippen LogP contribution is 2.66. The molecule has 3 N–H and O–H groups in total. The van der Waals surface area contributed by atoms with Crippen molar-refractivity contribution in [1.29, 1.82) is 0 Å². The molecule has 4 saturated carbocycles. The topological polar surface area (TPSA) is 77.8 Å². The highest BCUT2D eigenvalue weighted by Gasteiger charge is 2.63. The molecular weight excluding hydrogens is 316 g/mol. The molecule has 0 bridgehead atoms. The minimum atomic E-state index is -0.698. The third-order valence-corrected chi connectivity index (χ3v) is 9.05. The first kappa shape index (κ1) is 17.9. The van der Waals surface area contributed by atoms with E-state index >= 15 is 0 Å². The smallest absolute Gasteiger partial charge is 0.137 e. The Balaban J connectivity index is 1.65. The molecule has 4 aliphatic rings. The molecule has 0 heterocycles. The zero-order chi connectivity index (χ0) is 18.0. The number of aliphatic hydroxyl groups excluding tert-OH is 3. The summed E-state index contributed by atoms with van der Waals surface area (Å²) in [6, 6.07) is 0. The molecule has 0 amide bonds. The predicted octanol–water partition coefficient (Wildman–Crippen LogP) is 2.54. The van der Waals surface area contributed by atoms with E-state index in [1.54, 1.807) is 0 Å². The van der Waals surface area contributed by atoms with E-state index in [2.05, 4.69) is 13.8 Å². The van der Waals surface area contributed by atoms with Crippen LogP contribution in [0.15, 0.2) is 0 Å². The van der Waals surface area contributed by atoms with Gasteiger partial charge in [0, 0.05) is 12.3 Å². The van der Waals surface area contributed by atoms with Crippen molar-refractivity contribution in [2.45, 2.75) is 77.4 Å². The van der Waals surface area contributed by atoms with Crippen LogP contribution < -0.4 is 0 Å². The quantitative estimate of drug-likeness (QED) is 0.715. The summed E-state index contributed by atoms with van der Waals surface area (Å²) in [5.74, 6) is 1.98. The molecule has 0 spiro atoms. The maximum absolute atomic E-state index is 13.4. The van der Waals surface area contributed by atoms with Gasteiger partial charge in [-0.3, -0.25) is 4.79 Å². The predicted molar refractivity (Wildman–Crippen MR) is 94.7 cm³/mol. The number of fused-ring (bicyclic) bond motifs is 5. The Morgan fingerprint density at radius 3 is 2.60 bits per heavy atom. The molecule has 25 heavy (non-hydrogen) atoms. The zero-order valence-corrected chi connectivity index (χ0v) is 15.7. The van der Waals surface area contributed by atoms with Gasteiger partial charge >= 0.3 is 0 Å². The van der Waals surface area contributed by atoms with Crippen LogP contribution in [0.3, 0.4) is 0 Å². The molecule has 0 aromatic carbocycles. The molecule has 4 rings (SSSR count). The fourth-order valence-corrected chi connectivity index (χ4v) is 7.85. The number of carbonyl (C=O) groups excluding carboxylic acids is 1. The molecule has 4 nitrogen and oxygen atoms in total. The van der Waals surface area contributed by atoms with Crippen molar-refractivity contribution >= 4 is 5.78 Å². The van der Waals surface area contributed by atoms with E-state index in [-0.39, 0.29) is 35.4 Å². The van der Waals surface area contributed by atoms with Crippen LogP contribution in [0, 0.1) is 40.4 Å². The number of carbonyl (C=O) groups is 1. The molecule has 0 unspecified atom stereocenters. The van der Waals surface area contributed by atoms with Gasteiger partial charge in [0.25, 0.3) is 0 Å². The van der Waals surface area contributed by atoms with E-state index in [0.717, 1.165) is 44.9 Å². The zero-order valence-electron chi connectivity index (χ0n) is 15.7. The van der Waals surface area contributed by atoms with Gasteiger partial charge in [-0.2, -0.15) is 0 Å². The van der Waals surface area contributed by atoms with Gasteiger partial charge in [0.05, 0.1) is 18.8 Å². The van der Waals surface area contributed by atoms with E-state index in [9.17, 15) is 20.1 Å². The summed E-state index contributed by atoms with van der Waals surface area (Å²) in [6.45, 7) is 4.31. The van der Waals surface area contributed by atoms with Crippen LogP contribution in [0.5, 0.6) is 0 Å². The van der Waals surface area contributed by atoms with E-state index in [1.165, 1.54) is 0 Å². The van der Waals surface area contributed by atoms with Gasteiger partial charge in [-0.05, 0) is 79.4 Å². The number of aliphatic hydroxyl groups is 3. The van der Waals surface area contributed by atoms with Crippen LogP contribution in [0.2, 0.25) is 0 Å². The largest absolute Gasteiger partial charge is 0.394 e. The van der Waals surface area contributed by atoms with E-state index in [4.69, 9.17) is 0 Å². The van der Waals surface area contributed by atoms with E-state index in [1.807, 2.05) is 0 Å². The first-order valence-electron chi connectivity index (χ1n) is 10.3. The van der Waals surface area contributed by atoms with Crippen LogP contribution in [0.25, 0.3) is 0 Å². The van der Waals surface area contributed by atoms with E-state index in [0.29, 0.717) is 30.0 Å². The monoisotopic (exact) mass is 350 g/mol. The number of hydrogen-bond acceptors (Lipinski definition) is 4. The minimum Gasteiger partial charge on any atom is -0.394 e. The summed E-state index contributed by atoms with van der Waals surface area (Å²) in [5.41, 5.74) is -0.105. The summed E-state index contributed by atoms with van der Waals surface area (Å²) < 4.78 is 0. The number of rotatable bonds is 2. The summed E-state index contributed by atoms with van der Waals surface area (Å²) in [4.78, 5) is 13.4. The van der Waals surface area contributed by atoms with Crippen molar-refractivity contribution in [2.75, 3.05) is 6.61 Å². The average molecular weight is 350 g/mol. The van der Waals surface area contributed by atoms with Gasteiger partial charge in [-0.15, -0.1) is 0 Å². The van der Waals surface area contributed by atoms with Crippen molar-refractivity contribution in [2.24, 2.45) is 40.4 Å². The van der Waals surface area contributed by atoms with Crippen LogP contribution in [0.1, 0.15) is 65.2 Å². The fourth-order valence-electron chi connectivity index (χ4n) is 7.85. The lowest BCUT2D eigenvalue weighted by Crippen LogP contribution is -2.58. The average Bonchev–Trinajstić information content (AvgIpc) is 2.91. The molecular formula is C21H34O4. The lowest BCUT2D eigenvalue weighted by molar-refractivity contribution is -0.164. The molecule has 4 aliphatic carbocycles. The van der Waals surface area contributed by atoms with E-state index < -0.39 is 6.10 Å². The Hall–Kier alpha value is -0.450. The number of Topliss-reactive ketones (excluding diaryl/α,β-unsaturated/α-hetero) is 1. The lowest BCUT2D eigenvalue weighted by Gasteiger charge is -2.60. The molecule has 142 valence electrons. The Morgan fingerprint density at radius 2 is 1.88 bits per heavy atom. The van der Waals surface area contributed by atoms with Gasteiger partial charge in [-0.1, -0.05) is 13.8 Å². The van der Waals surface area contributed by atoms with Gasteiger partial charge < -0.3 is 15.3 Å². The summed E-state index contributed by atoms with van der Waals surface area (Å²) >= 11 is 0. The maximum Gasteiger partial charge on any atom is 0.137 e. The second-order valence-corrected chi connectivity index (χ2v) is 10.0. The molecule has 0 radical (unpaired) electrons. The van der Waals surface area contributed by atoms with Gasteiger partial charge in [0.1, 0.15) is 5.78 Å². The second-order valence-electron chi connectivity index (χ2n) is 10.0.